The Labute approximate surface area is 105 Å². The zero-order chi connectivity index (χ0) is 13.1. The molecule has 2 amide bonds. The first kappa shape index (κ1) is 12.5. The van der Waals surface area contributed by atoms with Crippen LogP contribution in [0.2, 0.25) is 0 Å². The molecule has 2 N–H and O–H groups in total. The zero-order valence-corrected chi connectivity index (χ0v) is 10.5. The number of aryl methyl sites for hydroxylation is 1. The maximum absolute atomic E-state index is 11.8. The number of hydrogen-bond acceptors (Lipinski definition) is 4. The van der Waals surface area contributed by atoms with Crippen LogP contribution in [0.3, 0.4) is 0 Å². The summed E-state index contributed by atoms with van der Waals surface area (Å²) in [6.07, 6.45) is 3.43. The number of nitrogens with two attached hydrogens (primary N) is 1. The van der Waals surface area contributed by atoms with E-state index in [1.54, 1.807) is 24.4 Å². The van der Waals surface area contributed by atoms with Crippen molar-refractivity contribution >= 4 is 11.9 Å². The molecule has 1 aliphatic heterocycles. The first-order valence-corrected chi connectivity index (χ1v) is 5.69. The number of amides is 2. The number of carbonyl (C=O) groups is 1. The smallest absolute Gasteiger partial charge is 0.346 e. The number of aliphatic imine (C=N–C) groups is 1. The highest BCUT2D eigenvalue weighted by molar-refractivity contribution is 6.03. The summed E-state index contributed by atoms with van der Waals surface area (Å²) < 4.78 is 5.00. The first-order chi connectivity index (χ1) is 8.65. The van der Waals surface area contributed by atoms with Crippen LogP contribution in [-0.4, -0.2) is 42.0 Å². The van der Waals surface area contributed by atoms with Gasteiger partial charge in [0.05, 0.1) is 6.61 Å². The summed E-state index contributed by atoms with van der Waals surface area (Å²) in [7, 11) is 1.59. The normalized spacial score (nSPS) is 19.2. The van der Waals surface area contributed by atoms with E-state index >= 15 is 0 Å². The molecule has 1 aliphatic rings. The molecular weight excluding hydrogens is 232 g/mol. The van der Waals surface area contributed by atoms with Gasteiger partial charge in [-0.25, -0.2) is 4.79 Å². The maximum Gasteiger partial charge on any atom is 0.346 e. The third-order valence-electron chi connectivity index (χ3n) is 2.97. The Hall–Kier alpha value is -1.95. The fourth-order valence-electron chi connectivity index (χ4n) is 2.01. The van der Waals surface area contributed by atoms with E-state index in [4.69, 9.17) is 10.5 Å². The van der Waals surface area contributed by atoms with Gasteiger partial charge in [-0.3, -0.25) is 4.98 Å². The summed E-state index contributed by atoms with van der Waals surface area (Å²) in [5.74, 6) is 0.312. The van der Waals surface area contributed by atoms with Crippen LogP contribution in [0.5, 0.6) is 0 Å². The van der Waals surface area contributed by atoms with Crippen LogP contribution in [0.15, 0.2) is 23.5 Å². The highest BCUT2D eigenvalue weighted by Crippen LogP contribution is 2.28. The van der Waals surface area contributed by atoms with Crippen LogP contribution in [-0.2, 0) is 4.74 Å². The monoisotopic (exact) mass is 248 g/mol. The van der Waals surface area contributed by atoms with Crippen LogP contribution >= 0.6 is 0 Å². The number of carbonyl (C=O) groups excluding carboxylic acids is 1. The van der Waals surface area contributed by atoms with Crippen LogP contribution < -0.4 is 5.73 Å². The Morgan fingerprint density at radius 3 is 3.00 bits per heavy atom. The van der Waals surface area contributed by atoms with Crippen molar-refractivity contribution in [3.05, 3.63) is 29.6 Å². The third kappa shape index (κ3) is 2.19. The van der Waals surface area contributed by atoms with Crippen LogP contribution in [0.1, 0.15) is 17.2 Å². The van der Waals surface area contributed by atoms with Crippen molar-refractivity contribution in [3.8, 4) is 0 Å². The third-order valence-corrected chi connectivity index (χ3v) is 2.97. The second-order valence-corrected chi connectivity index (χ2v) is 4.14. The van der Waals surface area contributed by atoms with Gasteiger partial charge in [-0.1, -0.05) is 0 Å². The molecule has 0 saturated heterocycles. The summed E-state index contributed by atoms with van der Waals surface area (Å²) in [6.45, 7) is 2.87. The van der Waals surface area contributed by atoms with Gasteiger partial charge in [-0.15, -0.1) is 0 Å². The Kier molecular flexibility index (Phi) is 3.57. The molecule has 0 aromatic carbocycles. The lowest BCUT2D eigenvalue weighted by Crippen LogP contribution is -2.36. The van der Waals surface area contributed by atoms with Gasteiger partial charge in [0, 0.05) is 31.6 Å². The zero-order valence-electron chi connectivity index (χ0n) is 10.5. The molecule has 0 aliphatic carbocycles. The Morgan fingerprint density at radius 2 is 2.33 bits per heavy atom. The topological polar surface area (TPSA) is 80.8 Å². The molecule has 2 heterocycles. The summed E-state index contributed by atoms with van der Waals surface area (Å²) in [4.78, 5) is 21.3. The highest BCUT2D eigenvalue weighted by Gasteiger charge is 2.35. The molecule has 6 nitrogen and oxygen atoms in total. The number of hydrogen-bond donors (Lipinski definition) is 1. The van der Waals surface area contributed by atoms with Gasteiger partial charge < -0.3 is 15.4 Å². The van der Waals surface area contributed by atoms with E-state index in [9.17, 15) is 4.79 Å². The fraction of sp³-hybridized carbons (Fsp3) is 0.417. The highest BCUT2D eigenvalue weighted by atomic mass is 16.5. The first-order valence-electron chi connectivity index (χ1n) is 5.69. The molecule has 1 unspecified atom stereocenters. The van der Waals surface area contributed by atoms with Crippen LogP contribution in [0.25, 0.3) is 0 Å². The number of rotatable bonds is 4. The van der Waals surface area contributed by atoms with E-state index in [1.165, 1.54) is 0 Å². The standard InChI is InChI=1S/C12H16N4O2/c1-8-3-4-14-7-9(8)10-11(13)15-12(17)16(10)5-6-18-2/h3-4,7,10H,5-6H2,1-2H3,(H2,13,15,17). The van der Waals surface area contributed by atoms with Gasteiger partial charge in [-0.05, 0) is 18.6 Å². The Balaban J connectivity index is 2.31. The van der Waals surface area contributed by atoms with Crippen molar-refractivity contribution in [2.75, 3.05) is 20.3 Å². The molecular formula is C12H16N4O2. The molecule has 1 aromatic rings. The fourth-order valence-corrected chi connectivity index (χ4v) is 2.01. The number of urea groups is 1. The number of aromatic nitrogens is 1. The number of nitrogens with zero attached hydrogens (tertiary/aromatic N) is 3. The molecule has 1 aromatic heterocycles. The van der Waals surface area contributed by atoms with Gasteiger partial charge in [0.2, 0.25) is 0 Å². The molecule has 1 atom stereocenters. The summed E-state index contributed by atoms with van der Waals surface area (Å²) >= 11 is 0. The molecule has 0 saturated carbocycles. The molecule has 6 heteroatoms. The lowest BCUT2D eigenvalue weighted by atomic mass is 10.0. The maximum atomic E-state index is 11.8. The molecule has 96 valence electrons. The predicted octanol–water partition coefficient (Wildman–Crippen LogP) is 0.870. The van der Waals surface area contributed by atoms with Crippen molar-refractivity contribution in [3.63, 3.8) is 0 Å². The van der Waals surface area contributed by atoms with E-state index in [0.29, 0.717) is 19.0 Å². The van der Waals surface area contributed by atoms with Crippen molar-refractivity contribution < 1.29 is 9.53 Å². The number of methoxy groups -OCH3 is 1. The van der Waals surface area contributed by atoms with E-state index in [1.807, 2.05) is 13.0 Å². The van der Waals surface area contributed by atoms with Gasteiger partial charge in [0.1, 0.15) is 11.9 Å². The molecule has 0 bridgehead atoms. The second-order valence-electron chi connectivity index (χ2n) is 4.14. The molecule has 0 spiro atoms. The van der Waals surface area contributed by atoms with Gasteiger partial charge in [-0.2, -0.15) is 4.99 Å². The number of pyridine rings is 1. The number of ether oxygens (including phenoxy) is 1. The average molecular weight is 248 g/mol. The van der Waals surface area contributed by atoms with Gasteiger partial charge in [0.15, 0.2) is 0 Å². The number of amidine groups is 1. The van der Waals surface area contributed by atoms with Gasteiger partial charge in [0.25, 0.3) is 0 Å². The SMILES string of the molecule is COCCN1C(=O)N=C(N)C1c1cnccc1C. The molecule has 0 radical (unpaired) electrons. The quantitative estimate of drug-likeness (QED) is 0.857. The summed E-state index contributed by atoms with van der Waals surface area (Å²) in [6, 6.07) is 1.24. The average Bonchev–Trinajstić information content (AvgIpc) is 2.62. The molecule has 0 fully saturated rings. The minimum absolute atomic E-state index is 0.312. The Morgan fingerprint density at radius 1 is 1.56 bits per heavy atom. The van der Waals surface area contributed by atoms with E-state index < -0.39 is 0 Å². The minimum Gasteiger partial charge on any atom is -0.385 e. The van der Waals surface area contributed by atoms with Crippen molar-refractivity contribution in [1.82, 2.24) is 9.88 Å². The van der Waals surface area contributed by atoms with Crippen molar-refractivity contribution in [1.29, 1.82) is 0 Å². The van der Waals surface area contributed by atoms with Crippen LogP contribution in [0.4, 0.5) is 4.79 Å². The lowest BCUT2D eigenvalue weighted by Gasteiger charge is -2.25. The lowest BCUT2D eigenvalue weighted by molar-refractivity contribution is 0.150. The molecule has 18 heavy (non-hydrogen) atoms. The van der Waals surface area contributed by atoms with E-state index in [0.717, 1.165) is 11.1 Å². The van der Waals surface area contributed by atoms with Crippen LogP contribution in [0, 0.1) is 6.92 Å². The van der Waals surface area contributed by atoms with E-state index in [2.05, 4.69) is 9.98 Å². The molecule has 2 rings (SSSR count). The van der Waals surface area contributed by atoms with E-state index in [-0.39, 0.29) is 12.1 Å². The Bertz CT molecular complexity index is 487. The van der Waals surface area contributed by atoms with Crippen molar-refractivity contribution in [2.45, 2.75) is 13.0 Å². The predicted molar refractivity (Wildman–Crippen MR) is 67.3 cm³/mol. The summed E-state index contributed by atoms with van der Waals surface area (Å²) in [5.41, 5.74) is 7.79. The second kappa shape index (κ2) is 5.14. The minimum atomic E-state index is -0.332. The van der Waals surface area contributed by atoms with Crippen molar-refractivity contribution in [2.24, 2.45) is 10.7 Å². The van der Waals surface area contributed by atoms with Gasteiger partial charge >= 0.3 is 6.03 Å². The largest absolute Gasteiger partial charge is 0.385 e. The summed E-state index contributed by atoms with van der Waals surface area (Å²) in [5, 5.41) is 0.